The van der Waals surface area contributed by atoms with Crippen LogP contribution < -0.4 is 0 Å². The molecule has 1 heterocycles. The van der Waals surface area contributed by atoms with Gasteiger partial charge in [0.2, 0.25) is 0 Å². The first-order valence-electron chi connectivity index (χ1n) is 6.02. The van der Waals surface area contributed by atoms with Crippen molar-refractivity contribution in [2.75, 3.05) is 0 Å². The summed E-state index contributed by atoms with van der Waals surface area (Å²) in [6.45, 7) is 0. The topological polar surface area (TPSA) is 56.9 Å². The molecule has 3 rings (SSSR count). The highest BCUT2D eigenvalue weighted by Crippen LogP contribution is 2.30. The van der Waals surface area contributed by atoms with Gasteiger partial charge in [-0.2, -0.15) is 5.26 Å². The number of benzene rings is 2. The Bertz CT molecular complexity index is 802. The first kappa shape index (κ1) is 12.4. The third kappa shape index (κ3) is 2.40. The van der Waals surface area contributed by atoms with Crippen molar-refractivity contribution in [1.82, 2.24) is 4.98 Å². The molecular formula is C16H10N2OS. The summed E-state index contributed by atoms with van der Waals surface area (Å²) >= 11 is 1.51. The van der Waals surface area contributed by atoms with Gasteiger partial charge in [-0.15, -0.1) is 11.3 Å². The van der Waals surface area contributed by atoms with Crippen LogP contribution in [0.15, 0.2) is 53.9 Å². The van der Waals surface area contributed by atoms with Crippen molar-refractivity contribution in [3.63, 3.8) is 0 Å². The van der Waals surface area contributed by atoms with Crippen LogP contribution in [0.4, 0.5) is 0 Å². The van der Waals surface area contributed by atoms with E-state index in [1.807, 2.05) is 29.6 Å². The summed E-state index contributed by atoms with van der Waals surface area (Å²) in [6, 6.07) is 16.5. The quantitative estimate of drug-likeness (QED) is 0.769. The van der Waals surface area contributed by atoms with Crippen molar-refractivity contribution in [2.24, 2.45) is 0 Å². The van der Waals surface area contributed by atoms with Crippen LogP contribution in [-0.4, -0.2) is 10.1 Å². The van der Waals surface area contributed by atoms with Crippen molar-refractivity contribution < 1.29 is 5.11 Å². The zero-order chi connectivity index (χ0) is 13.9. The van der Waals surface area contributed by atoms with Crippen LogP contribution in [-0.2, 0) is 0 Å². The Balaban J connectivity index is 2.00. The molecule has 0 radical (unpaired) electrons. The average Bonchev–Trinajstić information content (AvgIpc) is 2.97. The summed E-state index contributed by atoms with van der Waals surface area (Å²) in [5, 5.41) is 21.2. The third-order valence-corrected chi connectivity index (χ3v) is 3.78. The molecule has 2 aromatic carbocycles. The normalized spacial score (nSPS) is 10.2. The molecule has 4 heteroatoms. The lowest BCUT2D eigenvalue weighted by Crippen LogP contribution is -1.81. The Morgan fingerprint density at radius 1 is 1.05 bits per heavy atom. The van der Waals surface area contributed by atoms with Gasteiger partial charge in [-0.1, -0.05) is 24.3 Å². The SMILES string of the molecule is N#Cc1cccc(-c2csc(-c3cccc(O)c3)n2)c1. The smallest absolute Gasteiger partial charge is 0.124 e. The van der Waals surface area contributed by atoms with Crippen molar-refractivity contribution in [3.8, 4) is 33.6 Å². The number of hydrogen-bond donors (Lipinski definition) is 1. The van der Waals surface area contributed by atoms with Gasteiger partial charge in [-0.25, -0.2) is 4.98 Å². The summed E-state index contributed by atoms with van der Waals surface area (Å²) in [5.74, 6) is 0.228. The molecule has 1 N–H and O–H groups in total. The van der Waals surface area contributed by atoms with Gasteiger partial charge in [0.15, 0.2) is 0 Å². The molecule has 0 atom stereocenters. The molecule has 20 heavy (non-hydrogen) atoms. The zero-order valence-electron chi connectivity index (χ0n) is 10.4. The standard InChI is InChI=1S/C16H10N2OS/c17-9-11-3-1-4-12(7-11)15-10-20-16(18-15)13-5-2-6-14(19)8-13/h1-8,10,19H. The molecule has 0 amide bonds. The van der Waals surface area contributed by atoms with E-state index in [0.717, 1.165) is 21.8 Å². The van der Waals surface area contributed by atoms with Gasteiger partial charge in [0, 0.05) is 16.5 Å². The van der Waals surface area contributed by atoms with E-state index in [-0.39, 0.29) is 5.75 Å². The molecule has 3 aromatic rings. The van der Waals surface area contributed by atoms with Gasteiger partial charge in [0.05, 0.1) is 17.3 Å². The van der Waals surface area contributed by atoms with E-state index in [4.69, 9.17) is 5.26 Å². The molecule has 0 saturated carbocycles. The largest absolute Gasteiger partial charge is 0.508 e. The monoisotopic (exact) mass is 278 g/mol. The van der Waals surface area contributed by atoms with Gasteiger partial charge < -0.3 is 5.11 Å². The molecule has 0 aliphatic carbocycles. The minimum absolute atomic E-state index is 0.228. The lowest BCUT2D eigenvalue weighted by atomic mass is 10.1. The number of phenols is 1. The van der Waals surface area contributed by atoms with Crippen LogP contribution in [0.25, 0.3) is 21.8 Å². The van der Waals surface area contributed by atoms with E-state index in [0.29, 0.717) is 5.56 Å². The number of phenolic OH excluding ortho intramolecular Hbond substituents is 1. The zero-order valence-corrected chi connectivity index (χ0v) is 11.3. The van der Waals surface area contributed by atoms with Crippen LogP contribution in [0.2, 0.25) is 0 Å². The van der Waals surface area contributed by atoms with E-state index in [9.17, 15) is 5.11 Å². The van der Waals surface area contributed by atoms with E-state index < -0.39 is 0 Å². The minimum atomic E-state index is 0.228. The highest BCUT2D eigenvalue weighted by Gasteiger charge is 2.07. The molecule has 96 valence electrons. The summed E-state index contributed by atoms with van der Waals surface area (Å²) in [7, 11) is 0. The second-order valence-electron chi connectivity index (χ2n) is 4.28. The lowest BCUT2D eigenvalue weighted by Gasteiger charge is -1.98. The molecule has 0 saturated heterocycles. The maximum absolute atomic E-state index is 9.51. The van der Waals surface area contributed by atoms with Crippen LogP contribution in [0.5, 0.6) is 5.75 Å². The maximum atomic E-state index is 9.51. The Kier molecular flexibility index (Phi) is 3.20. The second-order valence-corrected chi connectivity index (χ2v) is 5.14. The van der Waals surface area contributed by atoms with Crippen molar-refractivity contribution in [3.05, 3.63) is 59.5 Å². The van der Waals surface area contributed by atoms with Crippen molar-refractivity contribution in [1.29, 1.82) is 5.26 Å². The average molecular weight is 278 g/mol. The Morgan fingerprint density at radius 3 is 2.65 bits per heavy atom. The van der Waals surface area contributed by atoms with Gasteiger partial charge in [0.1, 0.15) is 10.8 Å². The summed E-state index contributed by atoms with van der Waals surface area (Å²) in [4.78, 5) is 4.57. The Morgan fingerprint density at radius 2 is 1.85 bits per heavy atom. The van der Waals surface area contributed by atoms with E-state index >= 15 is 0 Å². The molecule has 0 unspecified atom stereocenters. The maximum Gasteiger partial charge on any atom is 0.124 e. The van der Waals surface area contributed by atoms with Gasteiger partial charge in [-0.05, 0) is 24.3 Å². The fourth-order valence-corrected chi connectivity index (χ4v) is 2.75. The fourth-order valence-electron chi connectivity index (χ4n) is 1.93. The molecular weight excluding hydrogens is 268 g/mol. The molecule has 3 nitrogen and oxygen atoms in total. The molecule has 0 aliphatic rings. The molecule has 0 aliphatic heterocycles. The van der Waals surface area contributed by atoms with Crippen LogP contribution in [0, 0.1) is 11.3 Å². The first-order chi connectivity index (χ1) is 9.76. The van der Waals surface area contributed by atoms with Gasteiger partial charge in [0.25, 0.3) is 0 Å². The van der Waals surface area contributed by atoms with E-state index in [1.54, 1.807) is 24.3 Å². The van der Waals surface area contributed by atoms with E-state index in [1.165, 1.54) is 11.3 Å². The van der Waals surface area contributed by atoms with Crippen LogP contribution in [0.3, 0.4) is 0 Å². The van der Waals surface area contributed by atoms with Crippen molar-refractivity contribution >= 4 is 11.3 Å². The van der Waals surface area contributed by atoms with Crippen LogP contribution in [0.1, 0.15) is 5.56 Å². The minimum Gasteiger partial charge on any atom is -0.508 e. The van der Waals surface area contributed by atoms with Gasteiger partial charge >= 0.3 is 0 Å². The number of thiazole rings is 1. The van der Waals surface area contributed by atoms with Crippen molar-refractivity contribution in [2.45, 2.75) is 0 Å². The lowest BCUT2D eigenvalue weighted by molar-refractivity contribution is 0.475. The molecule has 0 spiro atoms. The summed E-state index contributed by atoms with van der Waals surface area (Å²) in [6.07, 6.45) is 0. The summed E-state index contributed by atoms with van der Waals surface area (Å²) in [5.41, 5.74) is 3.27. The molecule has 0 fully saturated rings. The number of nitrogens with zero attached hydrogens (tertiary/aromatic N) is 2. The first-order valence-corrected chi connectivity index (χ1v) is 6.90. The second kappa shape index (κ2) is 5.16. The number of nitriles is 1. The van der Waals surface area contributed by atoms with Crippen LogP contribution >= 0.6 is 11.3 Å². The third-order valence-electron chi connectivity index (χ3n) is 2.88. The van der Waals surface area contributed by atoms with E-state index in [2.05, 4.69) is 11.1 Å². The summed E-state index contributed by atoms with van der Waals surface area (Å²) < 4.78 is 0. The van der Waals surface area contributed by atoms with Gasteiger partial charge in [-0.3, -0.25) is 0 Å². The number of aromatic hydroxyl groups is 1. The fraction of sp³-hybridized carbons (Fsp3) is 0. The molecule has 1 aromatic heterocycles. The Hall–Kier alpha value is -2.64. The highest BCUT2D eigenvalue weighted by atomic mass is 32.1. The Labute approximate surface area is 120 Å². The predicted molar refractivity (Wildman–Crippen MR) is 79.4 cm³/mol. The highest BCUT2D eigenvalue weighted by molar-refractivity contribution is 7.13. The number of aromatic nitrogens is 1. The number of hydrogen-bond acceptors (Lipinski definition) is 4. The number of rotatable bonds is 2. The predicted octanol–water partition coefficient (Wildman–Crippen LogP) is 4.05. The molecule has 0 bridgehead atoms.